The number of hydrogen-bond donors (Lipinski definition) is 0. The van der Waals surface area contributed by atoms with Crippen molar-refractivity contribution < 1.29 is 8.95 Å². The van der Waals surface area contributed by atoms with Crippen molar-refractivity contribution in [3.05, 3.63) is 11.5 Å². The van der Waals surface area contributed by atoms with Gasteiger partial charge in [0.15, 0.2) is 9.99 Å². The Hall–Kier alpha value is -0.920. The van der Waals surface area contributed by atoms with Crippen LogP contribution in [0.4, 0.5) is 0 Å². The lowest BCUT2D eigenvalue weighted by Gasteiger charge is -2.02. The lowest BCUT2D eigenvalue weighted by atomic mass is 10.3. The van der Waals surface area contributed by atoms with Gasteiger partial charge in [-0.15, -0.1) is 11.3 Å². The minimum atomic E-state index is -1.07. The van der Waals surface area contributed by atoms with Gasteiger partial charge in [-0.1, -0.05) is 6.92 Å². The molecule has 0 aromatic carbocycles. The molecule has 2 aromatic rings. The summed E-state index contributed by atoms with van der Waals surface area (Å²) in [7, 11) is 0.584. The standard InChI is InChI=1S/C11H15N3O2S2/c1-4-7-9-10(14-11(17-9)18(3)15)13-8(12-7)5-6-16-2/h4-6H2,1-3H3. The van der Waals surface area contributed by atoms with Gasteiger partial charge in [0.05, 0.1) is 27.8 Å². The molecule has 7 heteroatoms. The molecule has 0 N–H and O–H groups in total. The Labute approximate surface area is 112 Å². The van der Waals surface area contributed by atoms with E-state index >= 15 is 0 Å². The van der Waals surface area contributed by atoms with Gasteiger partial charge >= 0.3 is 0 Å². The van der Waals surface area contributed by atoms with Crippen molar-refractivity contribution in [2.24, 2.45) is 0 Å². The Balaban J connectivity index is 2.49. The van der Waals surface area contributed by atoms with E-state index in [-0.39, 0.29) is 0 Å². The quantitative estimate of drug-likeness (QED) is 0.834. The molecule has 0 saturated heterocycles. The zero-order valence-electron chi connectivity index (χ0n) is 10.6. The predicted molar refractivity (Wildman–Crippen MR) is 72.5 cm³/mol. The zero-order chi connectivity index (χ0) is 13.1. The topological polar surface area (TPSA) is 65.0 Å². The average molecular weight is 285 g/mol. The first kappa shape index (κ1) is 13.5. The molecule has 0 amide bonds. The van der Waals surface area contributed by atoms with Crippen LogP contribution in [-0.4, -0.2) is 39.1 Å². The van der Waals surface area contributed by atoms with Crippen LogP contribution in [-0.2, 0) is 28.4 Å². The van der Waals surface area contributed by atoms with Crippen LogP contribution in [0.2, 0.25) is 0 Å². The molecule has 2 aromatic heterocycles. The number of hydrogen-bond acceptors (Lipinski definition) is 6. The molecular weight excluding hydrogens is 270 g/mol. The first-order valence-corrected chi connectivity index (χ1v) is 8.01. The highest BCUT2D eigenvalue weighted by atomic mass is 32.2. The normalized spacial score (nSPS) is 13.1. The minimum absolute atomic E-state index is 0.589. The first-order chi connectivity index (χ1) is 8.65. The zero-order valence-corrected chi connectivity index (χ0v) is 12.2. The molecule has 0 saturated carbocycles. The Morgan fingerprint density at radius 2 is 2.11 bits per heavy atom. The van der Waals surface area contributed by atoms with Gasteiger partial charge < -0.3 is 4.74 Å². The molecule has 5 nitrogen and oxygen atoms in total. The highest BCUT2D eigenvalue weighted by Gasteiger charge is 2.13. The van der Waals surface area contributed by atoms with Crippen molar-refractivity contribution in [1.29, 1.82) is 0 Å². The fraction of sp³-hybridized carbons (Fsp3) is 0.545. The smallest absolute Gasteiger partial charge is 0.183 e. The third kappa shape index (κ3) is 2.73. The van der Waals surface area contributed by atoms with Crippen LogP contribution in [0.1, 0.15) is 18.4 Å². The molecule has 98 valence electrons. The van der Waals surface area contributed by atoms with Crippen LogP contribution in [0.15, 0.2) is 4.34 Å². The summed E-state index contributed by atoms with van der Waals surface area (Å²) in [5.41, 5.74) is 1.63. The Morgan fingerprint density at radius 3 is 2.72 bits per heavy atom. The number of ether oxygens (including phenoxy) is 1. The fourth-order valence-corrected chi connectivity index (χ4v) is 3.31. The van der Waals surface area contributed by atoms with E-state index in [0.717, 1.165) is 22.6 Å². The summed E-state index contributed by atoms with van der Waals surface area (Å²) in [5, 5.41) is 0. The summed E-state index contributed by atoms with van der Waals surface area (Å²) in [5.74, 6) is 0.736. The van der Waals surface area contributed by atoms with E-state index in [0.29, 0.717) is 23.0 Å². The van der Waals surface area contributed by atoms with E-state index in [1.807, 2.05) is 6.92 Å². The first-order valence-electron chi connectivity index (χ1n) is 5.64. The van der Waals surface area contributed by atoms with Crippen LogP contribution in [0.3, 0.4) is 0 Å². The Kier molecular flexibility index (Phi) is 4.36. The van der Waals surface area contributed by atoms with Gasteiger partial charge in [0.25, 0.3) is 0 Å². The van der Waals surface area contributed by atoms with E-state index in [2.05, 4.69) is 15.0 Å². The summed E-state index contributed by atoms with van der Waals surface area (Å²) >= 11 is 1.42. The number of methoxy groups -OCH3 is 1. The molecule has 1 atom stereocenters. The van der Waals surface area contributed by atoms with Gasteiger partial charge in [0.1, 0.15) is 5.82 Å². The van der Waals surface area contributed by atoms with Crippen molar-refractivity contribution in [3.8, 4) is 0 Å². The minimum Gasteiger partial charge on any atom is -0.384 e. The number of thiazole rings is 1. The maximum atomic E-state index is 11.5. The van der Waals surface area contributed by atoms with Crippen LogP contribution in [0, 0.1) is 0 Å². The number of aromatic nitrogens is 3. The Bertz CT molecular complexity index is 583. The Morgan fingerprint density at radius 1 is 1.33 bits per heavy atom. The van der Waals surface area contributed by atoms with Crippen molar-refractivity contribution in [2.45, 2.75) is 24.1 Å². The molecule has 0 aliphatic carbocycles. The van der Waals surface area contributed by atoms with Gasteiger partial charge in [-0.3, -0.25) is 4.21 Å². The largest absolute Gasteiger partial charge is 0.384 e. The lowest BCUT2D eigenvalue weighted by molar-refractivity contribution is 0.200. The van der Waals surface area contributed by atoms with Crippen molar-refractivity contribution in [1.82, 2.24) is 15.0 Å². The molecule has 0 aliphatic heterocycles. The number of rotatable bonds is 5. The van der Waals surface area contributed by atoms with Crippen LogP contribution < -0.4 is 0 Å². The van der Waals surface area contributed by atoms with Crippen molar-refractivity contribution in [3.63, 3.8) is 0 Å². The van der Waals surface area contributed by atoms with Gasteiger partial charge in [0, 0.05) is 19.8 Å². The summed E-state index contributed by atoms with van der Waals surface area (Å²) in [6, 6.07) is 0. The highest BCUT2D eigenvalue weighted by molar-refractivity contribution is 7.86. The molecule has 0 bridgehead atoms. The van der Waals surface area contributed by atoms with Gasteiger partial charge in [-0.2, -0.15) is 0 Å². The second-order valence-electron chi connectivity index (χ2n) is 3.77. The third-order valence-corrected chi connectivity index (χ3v) is 4.89. The molecular formula is C11H15N3O2S2. The van der Waals surface area contributed by atoms with Gasteiger partial charge in [-0.05, 0) is 6.42 Å². The summed E-state index contributed by atoms with van der Waals surface area (Å²) in [6.07, 6.45) is 3.11. The van der Waals surface area contributed by atoms with Crippen molar-refractivity contribution >= 4 is 32.5 Å². The second-order valence-corrected chi connectivity index (χ2v) is 6.32. The monoisotopic (exact) mass is 285 g/mol. The van der Waals surface area contributed by atoms with Crippen LogP contribution >= 0.6 is 11.3 Å². The van der Waals surface area contributed by atoms with Crippen LogP contribution in [0.5, 0.6) is 0 Å². The van der Waals surface area contributed by atoms with E-state index in [1.54, 1.807) is 13.4 Å². The van der Waals surface area contributed by atoms with E-state index in [9.17, 15) is 4.21 Å². The second kappa shape index (κ2) is 5.81. The summed E-state index contributed by atoms with van der Waals surface area (Å²) < 4.78 is 18.0. The molecule has 18 heavy (non-hydrogen) atoms. The molecule has 0 aliphatic rings. The molecule has 1 unspecified atom stereocenters. The van der Waals surface area contributed by atoms with Gasteiger partial charge in [-0.25, -0.2) is 15.0 Å². The van der Waals surface area contributed by atoms with Gasteiger partial charge in [0.2, 0.25) is 0 Å². The molecule has 0 fully saturated rings. The lowest BCUT2D eigenvalue weighted by Crippen LogP contribution is -2.03. The maximum absolute atomic E-state index is 11.5. The maximum Gasteiger partial charge on any atom is 0.183 e. The molecule has 2 heterocycles. The number of aryl methyl sites for hydroxylation is 1. The van der Waals surface area contributed by atoms with Crippen molar-refractivity contribution in [2.75, 3.05) is 20.0 Å². The predicted octanol–water partition coefficient (Wildman–Crippen LogP) is 1.57. The van der Waals surface area contributed by atoms with E-state index < -0.39 is 10.8 Å². The SMILES string of the molecule is CCc1nc(CCOC)nc2nc(S(C)=O)sc12. The average Bonchev–Trinajstić information content (AvgIpc) is 2.79. The number of nitrogens with zero attached hydrogens (tertiary/aromatic N) is 3. The van der Waals surface area contributed by atoms with Crippen LogP contribution in [0.25, 0.3) is 10.3 Å². The highest BCUT2D eigenvalue weighted by Crippen LogP contribution is 2.25. The summed E-state index contributed by atoms with van der Waals surface area (Å²) in [4.78, 5) is 13.2. The third-order valence-electron chi connectivity index (χ3n) is 2.46. The fourth-order valence-electron chi connectivity index (χ4n) is 1.58. The summed E-state index contributed by atoms with van der Waals surface area (Å²) in [6.45, 7) is 2.63. The van der Waals surface area contributed by atoms with E-state index in [4.69, 9.17) is 4.74 Å². The molecule has 2 rings (SSSR count). The molecule has 0 radical (unpaired) electrons. The number of fused-ring (bicyclic) bond motifs is 1. The molecule has 0 spiro atoms. The van der Waals surface area contributed by atoms with E-state index in [1.165, 1.54) is 11.3 Å².